The Hall–Kier alpha value is -15.9. The number of anilines is 6. The number of fused-ring (bicyclic) bond motifs is 9. The summed E-state index contributed by atoms with van der Waals surface area (Å²) < 4.78 is 42.6. The summed E-state index contributed by atoms with van der Waals surface area (Å²) >= 11 is 0. The minimum Gasteiger partial charge on any atom is -0.381 e. The lowest BCUT2D eigenvalue weighted by Crippen LogP contribution is -2.40. The smallest absolute Gasteiger partial charge is 0.223 e. The van der Waals surface area contributed by atoms with Gasteiger partial charge < -0.3 is 47.4 Å². The second-order valence-electron chi connectivity index (χ2n) is 41.4. The Morgan fingerprint density at radius 1 is 0.228 bits per heavy atom. The van der Waals surface area contributed by atoms with E-state index in [0.29, 0.717) is 26.4 Å². The molecule has 736 valence electrons. The molecule has 10 nitrogen and oxygen atoms in total. The van der Waals surface area contributed by atoms with Gasteiger partial charge in [0.25, 0.3) is 0 Å². The fourth-order valence-corrected chi connectivity index (χ4v) is 21.8. The second-order valence-corrected chi connectivity index (χ2v) is 41.4. The standard InChI is InChI=1S/C83H82N2O6.C56H42N2/c1-59-20-41-79-75(51-59)76-53-67(68-29-40-74-73-39-19-60(2)52-77(73)83(78(74)54-68,90-47-13-11-45-86-49-43-81(3)55-88-56-81)91-48-14-12-46-87-50-44-82(4)57-89-58-82)30-42-80(76)85(79)72-37-27-66(28-38-72)65-25-35-71(36-26-65)84(69-31-21-63(22-32-69)61-15-7-5-8-16-61)70-33-23-64(24-34-70)62-17-9-6-10-18-62;1-39-10-9-15-47(36-39)48-25-35-56-54(38-48)53-37-40(2)16-34-55(53)58(56)52-32-23-46(24-33-52)45-21-30-51(31-22-45)57(49-26-17-43(18-27-49)41-11-5-3-6-12-41)50-28-19-44(20-29-50)42-13-7-4-8-14-42/h5-10,15-42,51-54H,11-14,43-50,55-58H2,1-4H3;3-38H,1-2H3. The average Bonchev–Trinajstić information content (AvgIpc) is 1.56. The molecule has 0 saturated carbocycles. The van der Waals surface area contributed by atoms with Crippen LogP contribution in [0.3, 0.4) is 0 Å². The molecule has 3 aliphatic rings. The van der Waals surface area contributed by atoms with Crippen LogP contribution >= 0.6 is 0 Å². The average molecular weight is 1950 g/mol. The van der Waals surface area contributed by atoms with Crippen LogP contribution in [0.1, 0.15) is 85.8 Å². The number of rotatable bonds is 34. The summed E-state index contributed by atoms with van der Waals surface area (Å²) in [5, 5.41) is 4.98. The Balaban J connectivity index is 0.000000180. The normalized spacial score (nSPS) is 13.6. The van der Waals surface area contributed by atoms with Crippen molar-refractivity contribution in [1.29, 1.82) is 0 Å². The molecule has 2 aliphatic heterocycles. The zero-order valence-electron chi connectivity index (χ0n) is 85.8. The van der Waals surface area contributed by atoms with Crippen molar-refractivity contribution in [3.8, 4) is 112 Å². The van der Waals surface area contributed by atoms with Crippen molar-refractivity contribution >= 4 is 77.7 Å². The predicted octanol–water partition coefficient (Wildman–Crippen LogP) is 35.7. The molecule has 0 amide bonds. The van der Waals surface area contributed by atoms with Gasteiger partial charge in [-0.25, -0.2) is 0 Å². The third kappa shape index (κ3) is 20.5. The van der Waals surface area contributed by atoms with E-state index in [4.69, 9.17) is 28.4 Å². The highest BCUT2D eigenvalue weighted by atomic mass is 16.7. The molecule has 2 aromatic heterocycles. The highest BCUT2D eigenvalue weighted by molar-refractivity contribution is 6.12. The van der Waals surface area contributed by atoms with Gasteiger partial charge in [0.05, 0.1) is 61.7 Å². The lowest BCUT2D eigenvalue weighted by Gasteiger charge is -2.37. The van der Waals surface area contributed by atoms with Gasteiger partial charge in [-0.05, 0) is 324 Å². The first-order valence-corrected chi connectivity index (χ1v) is 52.8. The van der Waals surface area contributed by atoms with Crippen LogP contribution in [-0.4, -0.2) is 75.2 Å². The van der Waals surface area contributed by atoms with Crippen LogP contribution in [0.25, 0.3) is 155 Å². The van der Waals surface area contributed by atoms with Crippen LogP contribution in [0.4, 0.5) is 34.1 Å². The molecule has 0 spiro atoms. The Bertz CT molecular complexity index is 8070. The predicted molar refractivity (Wildman–Crippen MR) is 619 cm³/mol. The van der Waals surface area contributed by atoms with E-state index in [9.17, 15) is 0 Å². The summed E-state index contributed by atoms with van der Waals surface area (Å²) in [5.41, 5.74) is 42.5. The minimum absolute atomic E-state index is 0.250. The van der Waals surface area contributed by atoms with Crippen molar-refractivity contribution in [2.24, 2.45) is 10.8 Å². The first-order chi connectivity index (χ1) is 73.1. The molecule has 0 unspecified atom stereocenters. The molecule has 0 radical (unpaired) electrons. The van der Waals surface area contributed by atoms with E-state index in [1.807, 2.05) is 0 Å². The zero-order valence-corrected chi connectivity index (χ0v) is 85.8. The maximum absolute atomic E-state index is 7.24. The van der Waals surface area contributed by atoms with Crippen LogP contribution in [0.2, 0.25) is 0 Å². The first-order valence-electron chi connectivity index (χ1n) is 52.8. The molecule has 10 heteroatoms. The highest BCUT2D eigenvalue weighted by Gasteiger charge is 2.47. The molecule has 0 atom stereocenters. The van der Waals surface area contributed by atoms with Gasteiger partial charge in [0.2, 0.25) is 5.79 Å². The quantitative estimate of drug-likeness (QED) is 0.0292. The molecule has 0 N–H and O–H groups in total. The van der Waals surface area contributed by atoms with Gasteiger partial charge in [-0.15, -0.1) is 0 Å². The summed E-state index contributed by atoms with van der Waals surface area (Å²) in [6, 6.07) is 164. The summed E-state index contributed by atoms with van der Waals surface area (Å²) in [6.45, 7) is 20.5. The van der Waals surface area contributed by atoms with Crippen molar-refractivity contribution in [1.82, 2.24) is 9.13 Å². The molecule has 2 saturated heterocycles. The summed E-state index contributed by atoms with van der Waals surface area (Å²) in [6.07, 6.45) is 5.57. The number of aryl methyl sites for hydroxylation is 4. The number of ether oxygens (including phenoxy) is 6. The summed E-state index contributed by atoms with van der Waals surface area (Å²) in [7, 11) is 0. The number of hydrogen-bond acceptors (Lipinski definition) is 8. The third-order valence-corrected chi connectivity index (χ3v) is 30.3. The van der Waals surface area contributed by atoms with Gasteiger partial charge in [-0.1, -0.05) is 327 Å². The van der Waals surface area contributed by atoms with Crippen LogP contribution < -0.4 is 9.80 Å². The van der Waals surface area contributed by atoms with E-state index in [2.05, 4.69) is 509 Å². The SMILES string of the molecule is Cc1ccc2c(c1)C(OCCCCOCCC1(C)COC1)(OCCCCOCCC1(C)COC1)c1cc(-c3ccc4c(c3)c3cc(C)ccc3n4-c3ccc(-c4ccc(N(c5ccc(-c6ccccc6)cc5)c5ccc(-c6ccccc6)cc5)cc4)cc3)ccc1-2.Cc1cccc(-c2ccc3c(c2)c2cc(C)ccc2n3-c2ccc(-c3ccc(N(c4ccc(-c5ccccc5)cc4)c4ccc(-c5ccccc5)cc4)cc3)cc2)c1. The maximum Gasteiger partial charge on any atom is 0.223 e. The van der Waals surface area contributed by atoms with E-state index < -0.39 is 5.79 Å². The van der Waals surface area contributed by atoms with E-state index in [1.54, 1.807) is 0 Å². The fourth-order valence-electron chi connectivity index (χ4n) is 21.8. The monoisotopic (exact) mass is 1940 g/mol. The van der Waals surface area contributed by atoms with Gasteiger partial charge in [0.15, 0.2) is 0 Å². The molecule has 2 fully saturated rings. The zero-order chi connectivity index (χ0) is 101. The van der Waals surface area contributed by atoms with Crippen molar-refractivity contribution < 1.29 is 28.4 Å². The van der Waals surface area contributed by atoms with Gasteiger partial charge >= 0.3 is 0 Å². The number of hydrogen-bond donors (Lipinski definition) is 0. The van der Waals surface area contributed by atoms with Crippen molar-refractivity contribution in [2.75, 3.05) is 75.9 Å². The Morgan fingerprint density at radius 3 is 0.819 bits per heavy atom. The number of unbranched alkanes of at least 4 members (excludes halogenated alkanes) is 2. The van der Waals surface area contributed by atoms with E-state index >= 15 is 0 Å². The van der Waals surface area contributed by atoms with Crippen molar-refractivity contribution in [2.45, 2.75) is 85.9 Å². The van der Waals surface area contributed by atoms with Crippen LogP contribution in [0.15, 0.2) is 449 Å². The van der Waals surface area contributed by atoms with Crippen LogP contribution in [0.5, 0.6) is 0 Å². The van der Waals surface area contributed by atoms with E-state index in [0.717, 1.165) is 174 Å². The molecular weight excluding hydrogens is 1820 g/mol. The number of aromatic nitrogens is 2. The number of benzene rings is 19. The summed E-state index contributed by atoms with van der Waals surface area (Å²) in [5.74, 6) is -1.08. The fraction of sp³-hybridized carbons (Fsp3) is 0.180. The largest absolute Gasteiger partial charge is 0.381 e. The second kappa shape index (κ2) is 42.9. The van der Waals surface area contributed by atoms with Crippen molar-refractivity contribution in [3.05, 3.63) is 482 Å². The van der Waals surface area contributed by atoms with Crippen molar-refractivity contribution in [3.63, 3.8) is 0 Å². The molecular formula is C139H124N4O6. The van der Waals surface area contributed by atoms with Crippen LogP contribution in [0, 0.1) is 38.5 Å². The Morgan fingerprint density at radius 2 is 0.483 bits per heavy atom. The molecule has 0 bridgehead atoms. The maximum atomic E-state index is 7.24. The molecule has 24 rings (SSSR count). The van der Waals surface area contributed by atoms with Gasteiger partial charge in [0.1, 0.15) is 0 Å². The van der Waals surface area contributed by atoms with Crippen LogP contribution in [-0.2, 0) is 34.2 Å². The molecule has 21 aromatic rings. The highest BCUT2D eigenvalue weighted by Crippen LogP contribution is 2.54. The molecule has 149 heavy (non-hydrogen) atoms. The van der Waals surface area contributed by atoms with Gasteiger partial charge in [0, 0.05) is 115 Å². The number of nitrogens with zero attached hydrogens (tertiary/aromatic N) is 4. The lowest BCUT2D eigenvalue weighted by molar-refractivity contribution is -0.217. The topological polar surface area (TPSA) is 71.7 Å². The van der Waals surface area contributed by atoms with Gasteiger partial charge in [-0.3, -0.25) is 0 Å². The minimum atomic E-state index is -1.08. The van der Waals surface area contributed by atoms with E-state index in [1.165, 1.54) is 127 Å². The van der Waals surface area contributed by atoms with Gasteiger partial charge in [-0.2, -0.15) is 0 Å². The summed E-state index contributed by atoms with van der Waals surface area (Å²) in [4.78, 5) is 4.68. The first kappa shape index (κ1) is 96.6. The lowest BCUT2D eigenvalue weighted by atomic mass is 9.85. The Kier molecular flexibility index (Phi) is 27.8. The molecule has 19 aromatic carbocycles. The van der Waals surface area contributed by atoms with E-state index in [-0.39, 0.29) is 10.8 Å². The molecule has 1 aliphatic carbocycles. The Labute approximate surface area is 875 Å². The third-order valence-electron chi connectivity index (χ3n) is 30.3. The molecule has 4 heterocycles.